The second kappa shape index (κ2) is 6.25. The summed E-state index contributed by atoms with van der Waals surface area (Å²) in [6.45, 7) is 0.531. The van der Waals surface area contributed by atoms with Crippen LogP contribution in [0.4, 0.5) is 10.8 Å². The number of nitrogens with two attached hydrogens (primary N) is 1. The molecule has 0 radical (unpaired) electrons. The van der Waals surface area contributed by atoms with Crippen LogP contribution in [0.3, 0.4) is 0 Å². The van der Waals surface area contributed by atoms with Crippen molar-refractivity contribution in [3.05, 3.63) is 35.4 Å². The maximum atomic E-state index is 11.6. The number of aromatic nitrogens is 1. The Labute approximate surface area is 120 Å². The van der Waals surface area contributed by atoms with Gasteiger partial charge in [0, 0.05) is 6.54 Å². The van der Waals surface area contributed by atoms with E-state index in [-0.39, 0.29) is 11.4 Å². The van der Waals surface area contributed by atoms with Crippen molar-refractivity contribution in [3.63, 3.8) is 0 Å². The van der Waals surface area contributed by atoms with Crippen molar-refractivity contribution >= 4 is 28.3 Å². The van der Waals surface area contributed by atoms with Gasteiger partial charge >= 0.3 is 5.97 Å². The van der Waals surface area contributed by atoms with E-state index in [9.17, 15) is 4.79 Å². The highest BCUT2D eigenvalue weighted by atomic mass is 32.1. The highest BCUT2D eigenvalue weighted by Crippen LogP contribution is 2.28. The first-order chi connectivity index (χ1) is 9.65. The van der Waals surface area contributed by atoms with Gasteiger partial charge in [-0.05, 0) is 29.2 Å². The van der Waals surface area contributed by atoms with Gasteiger partial charge in [-0.2, -0.15) is 4.37 Å². The summed E-state index contributed by atoms with van der Waals surface area (Å²) in [5.74, 6) is 0.459. The van der Waals surface area contributed by atoms with Gasteiger partial charge in [-0.25, -0.2) is 4.79 Å². The summed E-state index contributed by atoms with van der Waals surface area (Å²) >= 11 is 1.13. The van der Waals surface area contributed by atoms with Crippen LogP contribution >= 0.6 is 11.5 Å². The first kappa shape index (κ1) is 14.1. The summed E-state index contributed by atoms with van der Waals surface area (Å²) in [7, 11) is 2.93. The standard InChI is InChI=1S/C13H15N3O3S/c1-18-9-5-3-4-8(6-9)7-15-12-10(13(17)19-2)11(14)16-20-12/h3-6,15H,7H2,1-2H3,(H2,14,16). The number of hydrogen-bond acceptors (Lipinski definition) is 7. The summed E-state index contributed by atoms with van der Waals surface area (Å²) in [6, 6.07) is 7.64. The van der Waals surface area contributed by atoms with Crippen LogP contribution in [-0.4, -0.2) is 24.6 Å². The lowest BCUT2D eigenvalue weighted by Crippen LogP contribution is -2.08. The fourth-order valence-electron chi connectivity index (χ4n) is 1.69. The predicted octanol–water partition coefficient (Wildman–Crippen LogP) is 2.13. The summed E-state index contributed by atoms with van der Waals surface area (Å²) in [5.41, 5.74) is 6.97. The van der Waals surface area contributed by atoms with Gasteiger partial charge in [0.25, 0.3) is 0 Å². The van der Waals surface area contributed by atoms with Crippen molar-refractivity contribution in [2.45, 2.75) is 6.54 Å². The number of anilines is 2. The molecule has 0 aliphatic heterocycles. The lowest BCUT2D eigenvalue weighted by molar-refractivity contribution is 0.0603. The third kappa shape index (κ3) is 3.00. The van der Waals surface area contributed by atoms with E-state index in [1.54, 1.807) is 7.11 Å². The summed E-state index contributed by atoms with van der Waals surface area (Å²) in [5, 5.41) is 3.73. The summed E-state index contributed by atoms with van der Waals surface area (Å²) < 4.78 is 13.8. The number of nitrogens with zero attached hydrogens (tertiary/aromatic N) is 1. The topological polar surface area (TPSA) is 86.5 Å². The van der Waals surface area contributed by atoms with Crippen LogP contribution in [-0.2, 0) is 11.3 Å². The zero-order valence-electron chi connectivity index (χ0n) is 11.2. The molecule has 0 spiro atoms. The van der Waals surface area contributed by atoms with Gasteiger partial charge in [0.2, 0.25) is 0 Å². The molecule has 0 saturated heterocycles. The molecule has 0 saturated carbocycles. The number of carbonyl (C=O) groups is 1. The van der Waals surface area contributed by atoms with Crippen LogP contribution in [0.5, 0.6) is 5.75 Å². The van der Waals surface area contributed by atoms with Crippen molar-refractivity contribution in [2.75, 3.05) is 25.3 Å². The number of nitrogens with one attached hydrogen (secondary N) is 1. The summed E-state index contributed by atoms with van der Waals surface area (Å²) in [6.07, 6.45) is 0. The number of esters is 1. The third-order valence-electron chi connectivity index (χ3n) is 2.70. The second-order valence-electron chi connectivity index (χ2n) is 3.97. The first-order valence-corrected chi connectivity index (χ1v) is 6.63. The number of carbonyl (C=O) groups excluding carboxylic acids is 1. The van der Waals surface area contributed by atoms with Crippen molar-refractivity contribution in [3.8, 4) is 5.75 Å². The molecule has 0 aliphatic carbocycles. The number of ether oxygens (including phenoxy) is 2. The molecule has 0 amide bonds. The minimum absolute atomic E-state index is 0.176. The van der Waals surface area contributed by atoms with Gasteiger partial charge < -0.3 is 20.5 Å². The monoisotopic (exact) mass is 293 g/mol. The van der Waals surface area contributed by atoms with Gasteiger partial charge in [-0.1, -0.05) is 12.1 Å². The minimum Gasteiger partial charge on any atom is -0.497 e. The van der Waals surface area contributed by atoms with Crippen LogP contribution in [0, 0.1) is 0 Å². The van der Waals surface area contributed by atoms with E-state index in [1.165, 1.54) is 7.11 Å². The summed E-state index contributed by atoms with van der Waals surface area (Å²) in [4.78, 5) is 11.6. The number of nitrogen functional groups attached to an aromatic ring is 1. The fraction of sp³-hybridized carbons (Fsp3) is 0.231. The zero-order valence-corrected chi connectivity index (χ0v) is 12.0. The maximum Gasteiger partial charge on any atom is 0.344 e. The number of benzene rings is 1. The van der Waals surface area contributed by atoms with E-state index in [0.717, 1.165) is 22.8 Å². The number of methoxy groups -OCH3 is 2. The van der Waals surface area contributed by atoms with Gasteiger partial charge in [0.15, 0.2) is 5.82 Å². The molecule has 7 heteroatoms. The minimum atomic E-state index is -0.496. The molecule has 0 fully saturated rings. The fourth-order valence-corrected chi connectivity index (χ4v) is 2.38. The number of hydrogen-bond donors (Lipinski definition) is 2. The Hall–Kier alpha value is -2.28. The second-order valence-corrected chi connectivity index (χ2v) is 4.74. The quantitative estimate of drug-likeness (QED) is 0.821. The molecule has 0 atom stereocenters. The molecule has 3 N–H and O–H groups in total. The van der Waals surface area contributed by atoms with E-state index in [1.807, 2.05) is 24.3 Å². The Morgan fingerprint density at radius 2 is 2.25 bits per heavy atom. The Morgan fingerprint density at radius 3 is 2.95 bits per heavy atom. The van der Waals surface area contributed by atoms with Crippen LogP contribution in [0.25, 0.3) is 0 Å². The van der Waals surface area contributed by atoms with Crippen molar-refractivity contribution in [1.82, 2.24) is 4.37 Å². The SMILES string of the molecule is COC(=O)c1c(N)nsc1NCc1cccc(OC)c1. The molecular formula is C13H15N3O3S. The smallest absolute Gasteiger partial charge is 0.344 e. The van der Waals surface area contributed by atoms with E-state index >= 15 is 0 Å². The van der Waals surface area contributed by atoms with Crippen molar-refractivity contribution in [1.29, 1.82) is 0 Å². The molecule has 1 heterocycles. The highest BCUT2D eigenvalue weighted by molar-refractivity contribution is 7.11. The molecule has 0 aliphatic rings. The first-order valence-electron chi connectivity index (χ1n) is 5.86. The van der Waals surface area contributed by atoms with Crippen molar-refractivity contribution < 1.29 is 14.3 Å². The van der Waals surface area contributed by atoms with Gasteiger partial charge in [-0.15, -0.1) is 0 Å². The Bertz CT molecular complexity index is 613. The molecule has 1 aromatic heterocycles. The molecule has 6 nitrogen and oxygen atoms in total. The van der Waals surface area contributed by atoms with Crippen molar-refractivity contribution in [2.24, 2.45) is 0 Å². The van der Waals surface area contributed by atoms with Crippen LogP contribution in [0.15, 0.2) is 24.3 Å². The van der Waals surface area contributed by atoms with Gasteiger partial charge in [-0.3, -0.25) is 0 Å². The Kier molecular flexibility index (Phi) is 4.41. The average molecular weight is 293 g/mol. The normalized spacial score (nSPS) is 10.1. The zero-order chi connectivity index (χ0) is 14.5. The van der Waals surface area contributed by atoms with E-state index < -0.39 is 5.97 Å². The maximum absolute atomic E-state index is 11.6. The molecule has 1 aromatic carbocycles. The number of rotatable bonds is 5. The largest absolute Gasteiger partial charge is 0.497 e. The van der Waals surface area contributed by atoms with Gasteiger partial charge in [0.1, 0.15) is 16.3 Å². The third-order valence-corrected chi connectivity index (χ3v) is 3.51. The molecule has 0 unspecified atom stereocenters. The molecule has 2 rings (SSSR count). The molecular weight excluding hydrogens is 278 g/mol. The Balaban J connectivity index is 2.13. The predicted molar refractivity (Wildman–Crippen MR) is 78.2 cm³/mol. The average Bonchev–Trinajstić information content (AvgIpc) is 2.85. The Morgan fingerprint density at radius 1 is 1.45 bits per heavy atom. The molecule has 2 aromatic rings. The van der Waals surface area contributed by atoms with Crippen LogP contribution in [0.2, 0.25) is 0 Å². The lowest BCUT2D eigenvalue weighted by Gasteiger charge is -2.07. The van der Waals surface area contributed by atoms with Crippen LogP contribution < -0.4 is 15.8 Å². The van der Waals surface area contributed by atoms with Gasteiger partial charge in [0.05, 0.1) is 14.2 Å². The molecule has 106 valence electrons. The van der Waals surface area contributed by atoms with E-state index in [4.69, 9.17) is 15.2 Å². The van der Waals surface area contributed by atoms with E-state index in [2.05, 4.69) is 9.69 Å². The molecule has 20 heavy (non-hydrogen) atoms. The van der Waals surface area contributed by atoms with Crippen LogP contribution in [0.1, 0.15) is 15.9 Å². The lowest BCUT2D eigenvalue weighted by atomic mass is 10.2. The highest BCUT2D eigenvalue weighted by Gasteiger charge is 2.19. The molecule has 0 bridgehead atoms. The van der Waals surface area contributed by atoms with E-state index in [0.29, 0.717) is 11.5 Å².